The third-order valence-corrected chi connectivity index (χ3v) is 18.4. The Labute approximate surface area is 584 Å². The van der Waals surface area contributed by atoms with E-state index in [0.29, 0.717) is 25.7 Å². The maximum atomic E-state index is 13.1. The molecule has 2 unspecified atom stereocenters. The van der Waals surface area contributed by atoms with Crippen LogP contribution in [0.25, 0.3) is 0 Å². The summed E-state index contributed by atoms with van der Waals surface area (Å²) in [6.45, 7) is 4.82. The summed E-state index contributed by atoms with van der Waals surface area (Å²) < 4.78 is 68.5. The van der Waals surface area contributed by atoms with E-state index in [-0.39, 0.29) is 25.7 Å². The maximum absolute atomic E-state index is 13.1. The second-order valence-electron chi connectivity index (χ2n) is 25.9. The molecule has 96 heavy (non-hydrogen) atoms. The van der Waals surface area contributed by atoms with Gasteiger partial charge in [-0.25, -0.2) is 9.13 Å². The van der Waals surface area contributed by atoms with E-state index in [1.807, 2.05) is 0 Å². The summed E-state index contributed by atoms with van der Waals surface area (Å²) in [5.41, 5.74) is 0. The Morgan fingerprint density at radius 3 is 0.812 bits per heavy atom. The molecule has 0 aliphatic heterocycles. The van der Waals surface area contributed by atoms with Crippen molar-refractivity contribution in [1.29, 1.82) is 0 Å². The van der Waals surface area contributed by atoms with Crippen molar-refractivity contribution in [2.75, 3.05) is 39.6 Å². The lowest BCUT2D eigenvalue weighted by atomic mass is 10.0. The van der Waals surface area contributed by atoms with Gasteiger partial charge in [0, 0.05) is 25.7 Å². The summed E-state index contributed by atoms with van der Waals surface area (Å²) in [6.07, 6.45) is 67.7. The molecule has 0 saturated carbocycles. The van der Waals surface area contributed by atoms with Crippen molar-refractivity contribution >= 4 is 39.5 Å². The normalized spacial score (nSPS) is 14.3. The summed E-state index contributed by atoms with van der Waals surface area (Å²) in [5.74, 6) is -2.19. The van der Waals surface area contributed by atoms with Gasteiger partial charge in [-0.3, -0.25) is 37.3 Å². The zero-order valence-corrected chi connectivity index (χ0v) is 62.8. The number of aliphatic hydroxyl groups excluding tert-OH is 1. The number of rotatable bonds is 73. The summed E-state index contributed by atoms with van der Waals surface area (Å²) in [7, 11) is -9.94. The first-order chi connectivity index (χ1) is 46.7. The van der Waals surface area contributed by atoms with Crippen LogP contribution < -0.4 is 0 Å². The van der Waals surface area contributed by atoms with Gasteiger partial charge in [-0.05, 0) is 116 Å². The van der Waals surface area contributed by atoms with Gasteiger partial charge in [0.15, 0.2) is 12.2 Å². The fourth-order valence-electron chi connectivity index (χ4n) is 10.5. The van der Waals surface area contributed by atoms with E-state index in [0.717, 1.165) is 154 Å². The number of phosphoric acid groups is 2. The van der Waals surface area contributed by atoms with Crippen molar-refractivity contribution in [2.45, 2.75) is 367 Å². The van der Waals surface area contributed by atoms with Crippen LogP contribution in [0.15, 0.2) is 60.8 Å². The molecule has 17 nitrogen and oxygen atoms in total. The first kappa shape index (κ1) is 92.8. The van der Waals surface area contributed by atoms with Crippen LogP contribution in [0.3, 0.4) is 0 Å². The van der Waals surface area contributed by atoms with Gasteiger partial charge in [0.2, 0.25) is 0 Å². The highest BCUT2D eigenvalue weighted by Gasteiger charge is 2.30. The van der Waals surface area contributed by atoms with Gasteiger partial charge in [-0.2, -0.15) is 0 Å². The molecule has 19 heteroatoms. The Balaban J connectivity index is 5.33. The molecular formula is C77H140O17P2. The Morgan fingerprint density at radius 1 is 0.292 bits per heavy atom. The third kappa shape index (κ3) is 69.2. The molecule has 0 aromatic heterocycles. The molecule has 0 spiro atoms. The molecule has 0 aliphatic rings. The van der Waals surface area contributed by atoms with Crippen LogP contribution in [0.5, 0.6) is 0 Å². The molecule has 0 saturated heterocycles. The number of hydrogen-bond donors (Lipinski definition) is 3. The smallest absolute Gasteiger partial charge is 0.462 e. The molecule has 0 aliphatic carbocycles. The van der Waals surface area contributed by atoms with Crippen LogP contribution in [-0.2, 0) is 65.4 Å². The SMILES string of the molecule is CCCCC/C=C\C/C=C\CCCCCCCC(=O)OC[C@H](COP(=O)(O)OC[C@@H](O)COP(=O)(O)OC[C@@H](COC(=O)CCCCCCC/C=C\C/C=C\CCCCC)OC(=O)CCCCCCCCCCCCCCC)OC(=O)CCCCCCC/C=C\CCCCCC. The monoisotopic (exact) mass is 1400 g/mol. The van der Waals surface area contributed by atoms with Gasteiger partial charge in [-0.1, -0.05) is 268 Å². The van der Waals surface area contributed by atoms with Crippen molar-refractivity contribution < 1.29 is 80.2 Å². The van der Waals surface area contributed by atoms with Crippen LogP contribution in [0.2, 0.25) is 0 Å². The minimum absolute atomic E-state index is 0.0853. The van der Waals surface area contributed by atoms with E-state index in [4.69, 9.17) is 37.0 Å². The highest BCUT2D eigenvalue weighted by atomic mass is 31.2. The lowest BCUT2D eigenvalue weighted by molar-refractivity contribution is -0.161. The number of unbranched alkanes of at least 4 members (excludes halogenated alkanes) is 37. The number of allylic oxidation sites excluding steroid dienone is 10. The molecule has 3 N–H and O–H groups in total. The van der Waals surface area contributed by atoms with E-state index in [1.165, 1.54) is 116 Å². The molecule has 0 aromatic rings. The van der Waals surface area contributed by atoms with E-state index >= 15 is 0 Å². The number of phosphoric ester groups is 2. The summed E-state index contributed by atoms with van der Waals surface area (Å²) in [6, 6.07) is 0. The lowest BCUT2D eigenvalue weighted by Crippen LogP contribution is -2.30. The highest BCUT2D eigenvalue weighted by Crippen LogP contribution is 2.45. The van der Waals surface area contributed by atoms with E-state index in [1.54, 1.807) is 0 Å². The quantitative estimate of drug-likeness (QED) is 0.0169. The second-order valence-corrected chi connectivity index (χ2v) is 28.9. The molecule has 0 radical (unpaired) electrons. The molecule has 0 aromatic carbocycles. The minimum atomic E-state index is -4.97. The molecule has 560 valence electrons. The van der Waals surface area contributed by atoms with Gasteiger partial charge >= 0.3 is 39.5 Å². The topological polar surface area (TPSA) is 237 Å². The van der Waals surface area contributed by atoms with Gasteiger partial charge in [0.1, 0.15) is 19.3 Å². The predicted octanol–water partition coefficient (Wildman–Crippen LogP) is 21.9. The minimum Gasteiger partial charge on any atom is -0.462 e. The molecular weight excluding hydrogens is 1260 g/mol. The Hall–Kier alpha value is -3.24. The van der Waals surface area contributed by atoms with Gasteiger partial charge in [0.25, 0.3) is 0 Å². The summed E-state index contributed by atoms with van der Waals surface area (Å²) in [5, 5.41) is 10.6. The Morgan fingerprint density at radius 2 is 0.510 bits per heavy atom. The van der Waals surface area contributed by atoms with E-state index in [2.05, 4.69) is 88.5 Å². The number of hydrogen-bond acceptors (Lipinski definition) is 15. The molecule has 0 amide bonds. The largest absolute Gasteiger partial charge is 0.472 e. The highest BCUT2D eigenvalue weighted by molar-refractivity contribution is 7.47. The van der Waals surface area contributed by atoms with Crippen molar-refractivity contribution in [2.24, 2.45) is 0 Å². The zero-order chi connectivity index (χ0) is 70.4. The molecule has 0 bridgehead atoms. The molecule has 0 fully saturated rings. The number of carbonyl (C=O) groups excluding carboxylic acids is 4. The van der Waals surface area contributed by atoms with Crippen LogP contribution in [0.1, 0.15) is 349 Å². The van der Waals surface area contributed by atoms with E-state index < -0.39 is 97.5 Å². The average Bonchev–Trinajstić information content (AvgIpc) is 1.14. The Bertz CT molecular complexity index is 2060. The van der Waals surface area contributed by atoms with Crippen LogP contribution in [0.4, 0.5) is 0 Å². The average molecular weight is 1400 g/mol. The number of ether oxygens (including phenoxy) is 4. The van der Waals surface area contributed by atoms with Crippen LogP contribution in [-0.4, -0.2) is 96.7 Å². The third-order valence-electron chi connectivity index (χ3n) is 16.5. The molecule has 5 atom stereocenters. The first-order valence-electron chi connectivity index (χ1n) is 38.5. The van der Waals surface area contributed by atoms with Gasteiger partial charge < -0.3 is 33.8 Å². The Kier molecular flexibility index (Phi) is 67.8. The fraction of sp³-hybridized carbons (Fsp3) is 0.818. The number of carbonyl (C=O) groups is 4. The predicted molar refractivity (Wildman–Crippen MR) is 390 cm³/mol. The standard InChI is InChI=1S/C77H140O17P2/c1-5-9-13-17-21-25-29-33-35-39-41-45-49-53-57-61-74(79)87-67-72(93-76(81)63-59-55-51-47-43-37-31-27-23-19-15-11-7-3)69-91-95(83,84)89-65-71(78)66-90-96(85,86)92-70-73(94-77(82)64-60-56-52-48-44-38-32-28-24-20-16-12-8-4)68-88-75(80)62-58-54-50-46-42-40-36-34-30-26-22-18-14-10-6-2/h21-22,25-27,31,33-36,71-73,78H,5-20,23-24,28-30,32,37-70H2,1-4H3,(H,83,84)(H,85,86)/b25-21-,26-22-,31-27-,35-33-,36-34-/t71-,72-,73-/m1/s1. The lowest BCUT2D eigenvalue weighted by Gasteiger charge is -2.21. The second kappa shape index (κ2) is 70.2. The molecule has 0 heterocycles. The van der Waals surface area contributed by atoms with Crippen molar-refractivity contribution in [3.63, 3.8) is 0 Å². The maximum Gasteiger partial charge on any atom is 0.472 e. The molecule has 0 rings (SSSR count). The zero-order valence-electron chi connectivity index (χ0n) is 61.1. The number of esters is 4. The van der Waals surface area contributed by atoms with Crippen molar-refractivity contribution in [3.8, 4) is 0 Å². The van der Waals surface area contributed by atoms with Crippen molar-refractivity contribution in [3.05, 3.63) is 60.8 Å². The van der Waals surface area contributed by atoms with Gasteiger partial charge in [0.05, 0.1) is 26.4 Å². The number of aliphatic hydroxyl groups is 1. The summed E-state index contributed by atoms with van der Waals surface area (Å²) >= 11 is 0. The summed E-state index contributed by atoms with van der Waals surface area (Å²) in [4.78, 5) is 72.8. The first-order valence-corrected chi connectivity index (χ1v) is 41.5. The van der Waals surface area contributed by atoms with Crippen molar-refractivity contribution in [1.82, 2.24) is 0 Å². The van der Waals surface area contributed by atoms with Crippen LogP contribution in [0, 0.1) is 0 Å². The van der Waals surface area contributed by atoms with Gasteiger partial charge in [-0.15, -0.1) is 0 Å². The fourth-order valence-corrected chi connectivity index (χ4v) is 12.1. The van der Waals surface area contributed by atoms with E-state index in [9.17, 15) is 43.2 Å². The van der Waals surface area contributed by atoms with Crippen LogP contribution >= 0.6 is 15.6 Å².